The molecule has 1 aliphatic rings. The lowest BCUT2D eigenvalue weighted by atomic mass is 10.1. The number of nitriles is 1. The highest BCUT2D eigenvalue weighted by Crippen LogP contribution is 2.53. The van der Waals surface area contributed by atoms with Gasteiger partial charge in [-0.05, 0) is 29.8 Å². The van der Waals surface area contributed by atoms with Gasteiger partial charge in [0.2, 0.25) is 0 Å². The minimum Gasteiger partial charge on any atom is -0.497 e. The Morgan fingerprint density at radius 3 is 2.23 bits per heavy atom. The van der Waals surface area contributed by atoms with E-state index in [-0.39, 0.29) is 10.8 Å². The summed E-state index contributed by atoms with van der Waals surface area (Å²) in [4.78, 5) is 0.274. The molecule has 0 unspecified atom stereocenters. The Balaban J connectivity index is 1.93. The van der Waals surface area contributed by atoms with Crippen LogP contribution in [0.4, 0.5) is 0 Å². The van der Waals surface area contributed by atoms with Crippen LogP contribution in [-0.4, -0.2) is 20.8 Å². The van der Waals surface area contributed by atoms with Crippen molar-refractivity contribution in [1.82, 2.24) is 0 Å². The number of hydrogen-bond donors (Lipinski definition) is 0. The molecule has 0 amide bonds. The fourth-order valence-corrected chi connectivity index (χ4v) is 4.90. The van der Waals surface area contributed by atoms with Gasteiger partial charge >= 0.3 is 0 Å². The number of methoxy groups -OCH3 is 1. The van der Waals surface area contributed by atoms with Crippen LogP contribution in [0.2, 0.25) is 0 Å². The molecule has 0 N–H and O–H groups in total. The molecule has 0 heterocycles. The first-order valence-electron chi connectivity index (χ1n) is 6.92. The van der Waals surface area contributed by atoms with Gasteiger partial charge < -0.3 is 4.74 Å². The fraction of sp³-hybridized carbons (Fsp3) is 0.235. The standard InChI is InChI=1S/C17H15NO3S/c1-21-13-9-7-12(8-10-13)16-15(11-18)17(16)22(19,20)14-5-3-2-4-6-14/h2-10,15-17H,1H3/t15-,16-,17+/m1/s1. The van der Waals surface area contributed by atoms with Crippen molar-refractivity contribution in [3.8, 4) is 11.8 Å². The molecule has 0 radical (unpaired) electrons. The van der Waals surface area contributed by atoms with Crippen molar-refractivity contribution in [2.45, 2.75) is 16.1 Å². The minimum absolute atomic E-state index is 0.274. The zero-order valence-corrected chi connectivity index (χ0v) is 12.8. The lowest BCUT2D eigenvalue weighted by Crippen LogP contribution is -2.10. The maximum absolute atomic E-state index is 12.7. The zero-order valence-electron chi connectivity index (χ0n) is 12.0. The molecule has 22 heavy (non-hydrogen) atoms. The fourth-order valence-electron chi connectivity index (χ4n) is 2.81. The number of benzene rings is 2. The van der Waals surface area contributed by atoms with E-state index in [1.807, 2.05) is 12.1 Å². The third-order valence-corrected chi connectivity index (χ3v) is 6.27. The smallest absolute Gasteiger partial charge is 0.183 e. The van der Waals surface area contributed by atoms with Gasteiger partial charge in [-0.3, -0.25) is 0 Å². The van der Waals surface area contributed by atoms with Crippen LogP contribution in [0, 0.1) is 17.2 Å². The van der Waals surface area contributed by atoms with Gasteiger partial charge in [-0.1, -0.05) is 30.3 Å². The van der Waals surface area contributed by atoms with Gasteiger partial charge in [-0.15, -0.1) is 0 Å². The van der Waals surface area contributed by atoms with Crippen molar-refractivity contribution in [3.63, 3.8) is 0 Å². The number of sulfone groups is 1. The topological polar surface area (TPSA) is 67.2 Å². The molecule has 1 fully saturated rings. The molecule has 0 spiro atoms. The SMILES string of the molecule is COc1ccc([C@@H]2[C@@H](C#N)[C@@H]2S(=O)(=O)c2ccccc2)cc1. The third-order valence-electron chi connectivity index (χ3n) is 4.03. The Kier molecular flexibility index (Phi) is 3.63. The first-order valence-corrected chi connectivity index (χ1v) is 8.46. The van der Waals surface area contributed by atoms with Crippen LogP contribution in [0.1, 0.15) is 11.5 Å². The minimum atomic E-state index is -3.49. The maximum Gasteiger partial charge on any atom is 0.183 e. The van der Waals surface area contributed by atoms with Crippen molar-refractivity contribution in [2.24, 2.45) is 5.92 Å². The maximum atomic E-state index is 12.7. The van der Waals surface area contributed by atoms with E-state index in [0.717, 1.165) is 5.56 Å². The number of hydrogen-bond acceptors (Lipinski definition) is 4. The molecule has 3 rings (SSSR count). The van der Waals surface area contributed by atoms with Gasteiger partial charge in [0.1, 0.15) is 5.75 Å². The molecule has 0 aliphatic heterocycles. The molecule has 2 aromatic carbocycles. The molecule has 5 heteroatoms. The molecule has 0 bridgehead atoms. The second kappa shape index (κ2) is 5.47. The largest absolute Gasteiger partial charge is 0.497 e. The number of rotatable bonds is 4. The Morgan fingerprint density at radius 1 is 1.05 bits per heavy atom. The predicted octanol–water partition coefficient (Wildman–Crippen LogP) is 2.77. The van der Waals surface area contributed by atoms with E-state index in [4.69, 9.17) is 4.74 Å². The lowest BCUT2D eigenvalue weighted by Gasteiger charge is -2.04. The molecular formula is C17H15NO3S. The summed E-state index contributed by atoms with van der Waals surface area (Å²) in [6.45, 7) is 0. The average molecular weight is 313 g/mol. The first kappa shape index (κ1) is 14.6. The van der Waals surface area contributed by atoms with Gasteiger partial charge in [-0.25, -0.2) is 8.42 Å². The van der Waals surface area contributed by atoms with Gasteiger partial charge in [0, 0.05) is 5.92 Å². The van der Waals surface area contributed by atoms with Crippen molar-refractivity contribution >= 4 is 9.84 Å². The normalized spacial score (nSPS) is 23.5. The molecule has 112 valence electrons. The quantitative estimate of drug-likeness (QED) is 0.870. The van der Waals surface area contributed by atoms with Crippen LogP contribution in [0.5, 0.6) is 5.75 Å². The highest BCUT2D eigenvalue weighted by molar-refractivity contribution is 7.92. The van der Waals surface area contributed by atoms with Gasteiger partial charge in [0.25, 0.3) is 0 Å². The van der Waals surface area contributed by atoms with Crippen LogP contribution >= 0.6 is 0 Å². The number of nitrogens with zero attached hydrogens (tertiary/aromatic N) is 1. The molecule has 3 atom stereocenters. The summed E-state index contributed by atoms with van der Waals surface area (Å²) >= 11 is 0. The van der Waals surface area contributed by atoms with Crippen molar-refractivity contribution in [3.05, 3.63) is 60.2 Å². The summed E-state index contributed by atoms with van der Waals surface area (Å²) < 4.78 is 30.5. The summed E-state index contributed by atoms with van der Waals surface area (Å²) in [6, 6.07) is 17.7. The highest BCUT2D eigenvalue weighted by Gasteiger charge is 2.59. The molecule has 0 aromatic heterocycles. The Morgan fingerprint density at radius 2 is 1.68 bits per heavy atom. The molecule has 1 saturated carbocycles. The second-order valence-corrected chi connectivity index (χ2v) is 7.38. The molecule has 2 aromatic rings. The Hall–Kier alpha value is -2.32. The van der Waals surface area contributed by atoms with E-state index in [0.29, 0.717) is 5.75 Å². The van der Waals surface area contributed by atoms with Crippen LogP contribution < -0.4 is 4.74 Å². The molecule has 1 aliphatic carbocycles. The molecule has 0 saturated heterocycles. The van der Waals surface area contributed by atoms with Crippen LogP contribution in [0.3, 0.4) is 0 Å². The van der Waals surface area contributed by atoms with E-state index in [2.05, 4.69) is 6.07 Å². The van der Waals surface area contributed by atoms with Crippen molar-refractivity contribution < 1.29 is 13.2 Å². The summed E-state index contributed by atoms with van der Waals surface area (Å²) in [5, 5.41) is 8.61. The Labute approximate surface area is 129 Å². The average Bonchev–Trinajstić information content (AvgIpc) is 3.31. The van der Waals surface area contributed by atoms with Crippen LogP contribution in [0.15, 0.2) is 59.5 Å². The number of ether oxygens (including phenoxy) is 1. The Bertz CT molecular complexity index is 807. The van der Waals surface area contributed by atoms with Gasteiger partial charge in [0.15, 0.2) is 9.84 Å². The summed E-state index contributed by atoms with van der Waals surface area (Å²) in [5.74, 6) is -0.0694. The molecule has 4 nitrogen and oxygen atoms in total. The second-order valence-electron chi connectivity index (χ2n) is 5.28. The van der Waals surface area contributed by atoms with Crippen molar-refractivity contribution in [2.75, 3.05) is 7.11 Å². The summed E-state index contributed by atoms with van der Waals surface area (Å²) in [5.41, 5.74) is 0.858. The van der Waals surface area contributed by atoms with E-state index < -0.39 is 21.0 Å². The van der Waals surface area contributed by atoms with E-state index in [9.17, 15) is 13.7 Å². The van der Waals surface area contributed by atoms with Crippen LogP contribution in [0.25, 0.3) is 0 Å². The summed E-state index contributed by atoms with van der Waals surface area (Å²) in [7, 11) is -1.92. The van der Waals surface area contributed by atoms with E-state index >= 15 is 0 Å². The van der Waals surface area contributed by atoms with Crippen LogP contribution in [-0.2, 0) is 9.84 Å². The molecular weight excluding hydrogens is 298 g/mol. The predicted molar refractivity (Wildman–Crippen MR) is 82.3 cm³/mol. The highest BCUT2D eigenvalue weighted by atomic mass is 32.2. The third kappa shape index (κ3) is 2.36. The first-order chi connectivity index (χ1) is 10.6. The zero-order chi connectivity index (χ0) is 15.7. The monoisotopic (exact) mass is 313 g/mol. The van der Waals surface area contributed by atoms with E-state index in [1.165, 1.54) is 0 Å². The van der Waals surface area contributed by atoms with Crippen molar-refractivity contribution in [1.29, 1.82) is 5.26 Å². The lowest BCUT2D eigenvalue weighted by molar-refractivity contribution is 0.414. The summed E-state index contributed by atoms with van der Waals surface area (Å²) in [6.07, 6.45) is 0. The van der Waals surface area contributed by atoms with Gasteiger partial charge in [-0.2, -0.15) is 5.26 Å². The van der Waals surface area contributed by atoms with E-state index in [1.54, 1.807) is 49.6 Å². The van der Waals surface area contributed by atoms with Gasteiger partial charge in [0.05, 0.1) is 29.2 Å².